The largest absolute Gasteiger partial charge is 0.346 e. The van der Waals surface area contributed by atoms with Crippen molar-refractivity contribution in [2.24, 2.45) is 5.92 Å². The third kappa shape index (κ3) is 3.50. The number of hydrogen-bond donors (Lipinski definition) is 2. The van der Waals surface area contributed by atoms with E-state index in [1.165, 1.54) is 0 Å². The smallest absolute Gasteiger partial charge is 0.254 e. The zero-order chi connectivity index (χ0) is 19.7. The maximum absolute atomic E-state index is 12.6. The minimum atomic E-state index is -0.202. The fourth-order valence-corrected chi connectivity index (χ4v) is 3.65. The third-order valence-electron chi connectivity index (χ3n) is 5.19. The molecule has 2 amide bonds. The Morgan fingerprint density at radius 3 is 2.68 bits per heavy atom. The van der Waals surface area contributed by atoms with E-state index in [0.717, 1.165) is 28.0 Å². The van der Waals surface area contributed by atoms with Gasteiger partial charge in [-0.3, -0.25) is 9.59 Å². The molecular weight excluding hydrogens is 352 g/mol. The lowest BCUT2D eigenvalue weighted by molar-refractivity contribution is -0.122. The van der Waals surface area contributed by atoms with E-state index in [2.05, 4.69) is 29.1 Å². The molecule has 0 fully saturated rings. The lowest BCUT2D eigenvalue weighted by Crippen LogP contribution is -2.35. The van der Waals surface area contributed by atoms with Gasteiger partial charge in [-0.05, 0) is 29.7 Å². The van der Waals surface area contributed by atoms with Crippen molar-refractivity contribution in [2.45, 2.75) is 32.9 Å². The van der Waals surface area contributed by atoms with E-state index in [9.17, 15) is 9.59 Å². The van der Waals surface area contributed by atoms with Gasteiger partial charge in [-0.25, -0.2) is 4.98 Å². The van der Waals surface area contributed by atoms with Crippen LogP contribution in [0.15, 0.2) is 48.5 Å². The summed E-state index contributed by atoms with van der Waals surface area (Å²) in [6.07, 6.45) is 0.267. The monoisotopic (exact) mass is 376 g/mol. The predicted molar refractivity (Wildman–Crippen MR) is 108 cm³/mol. The van der Waals surface area contributed by atoms with Crippen LogP contribution in [-0.2, 0) is 11.3 Å². The Balaban J connectivity index is 1.40. The van der Waals surface area contributed by atoms with Crippen molar-refractivity contribution in [2.75, 3.05) is 6.54 Å². The van der Waals surface area contributed by atoms with Gasteiger partial charge in [0.25, 0.3) is 5.91 Å². The first-order chi connectivity index (χ1) is 13.5. The van der Waals surface area contributed by atoms with Crippen LogP contribution in [0, 0.1) is 5.92 Å². The molecule has 2 heterocycles. The molecule has 0 spiro atoms. The third-order valence-corrected chi connectivity index (χ3v) is 5.19. The van der Waals surface area contributed by atoms with E-state index in [-0.39, 0.29) is 30.2 Å². The van der Waals surface area contributed by atoms with Gasteiger partial charge in [0.1, 0.15) is 5.82 Å². The van der Waals surface area contributed by atoms with Crippen LogP contribution in [0.3, 0.4) is 0 Å². The van der Waals surface area contributed by atoms with Gasteiger partial charge in [-0.1, -0.05) is 44.2 Å². The molecule has 0 aliphatic carbocycles. The number of imidazole rings is 1. The maximum atomic E-state index is 12.6. The zero-order valence-corrected chi connectivity index (χ0v) is 16.1. The van der Waals surface area contributed by atoms with Crippen LogP contribution in [0.1, 0.15) is 48.1 Å². The highest BCUT2D eigenvalue weighted by Gasteiger charge is 2.27. The van der Waals surface area contributed by atoms with Gasteiger partial charge in [0.05, 0.1) is 17.1 Å². The maximum Gasteiger partial charge on any atom is 0.254 e. The van der Waals surface area contributed by atoms with Crippen LogP contribution >= 0.6 is 0 Å². The van der Waals surface area contributed by atoms with E-state index < -0.39 is 0 Å². The number of rotatable bonds is 6. The lowest BCUT2D eigenvalue weighted by atomic mass is 10.0. The molecule has 0 radical (unpaired) electrons. The summed E-state index contributed by atoms with van der Waals surface area (Å²) < 4.78 is 0. The molecule has 28 heavy (non-hydrogen) atoms. The molecule has 144 valence electrons. The molecule has 2 aromatic carbocycles. The summed E-state index contributed by atoms with van der Waals surface area (Å²) >= 11 is 0. The second-order valence-corrected chi connectivity index (χ2v) is 7.56. The number of nitrogens with one attached hydrogen (secondary N) is 2. The highest BCUT2D eigenvalue weighted by molar-refractivity contribution is 5.98. The Bertz CT molecular complexity index is 991. The molecule has 1 aliphatic rings. The summed E-state index contributed by atoms with van der Waals surface area (Å²) in [4.78, 5) is 34.7. The van der Waals surface area contributed by atoms with Crippen LogP contribution in [-0.4, -0.2) is 33.2 Å². The molecule has 1 aliphatic heterocycles. The highest BCUT2D eigenvalue weighted by Crippen LogP contribution is 2.24. The van der Waals surface area contributed by atoms with Gasteiger partial charge in [-0.2, -0.15) is 0 Å². The first kappa shape index (κ1) is 18.2. The summed E-state index contributed by atoms with van der Waals surface area (Å²) in [7, 11) is 0. The highest BCUT2D eigenvalue weighted by atomic mass is 16.2. The molecule has 0 saturated heterocycles. The summed E-state index contributed by atoms with van der Waals surface area (Å²) in [6.45, 7) is 5.08. The number of carbonyl (C=O) groups excluding carboxylic acids is 2. The number of H-pyrrole nitrogens is 1. The number of nitrogens with zero attached hydrogens (tertiary/aromatic N) is 2. The summed E-state index contributed by atoms with van der Waals surface area (Å²) in [5.41, 5.74) is 3.61. The van der Waals surface area contributed by atoms with Gasteiger partial charge < -0.3 is 15.2 Å². The Labute approximate surface area is 164 Å². The predicted octanol–water partition coefficient (Wildman–Crippen LogP) is 3.42. The number of para-hydroxylation sites is 2. The van der Waals surface area contributed by atoms with Gasteiger partial charge in [0.2, 0.25) is 5.91 Å². The quantitative estimate of drug-likeness (QED) is 0.692. The standard InChI is InChI=1S/C22H24N4O2/c1-14(2)20(21-23-17-9-5-6-10-18(17)24-21)25-19(27)11-12-26-13-15-7-3-4-8-16(15)22(26)28/h3-10,14,20H,11-13H2,1-2H3,(H,23,24)(H,25,27)/t20-/m1/s1. The molecule has 6 heteroatoms. The topological polar surface area (TPSA) is 78.1 Å². The van der Waals surface area contributed by atoms with Crippen LogP contribution in [0.5, 0.6) is 0 Å². The zero-order valence-electron chi connectivity index (χ0n) is 16.1. The number of amides is 2. The van der Waals surface area contributed by atoms with E-state index in [0.29, 0.717) is 13.1 Å². The Morgan fingerprint density at radius 2 is 1.93 bits per heavy atom. The minimum Gasteiger partial charge on any atom is -0.346 e. The van der Waals surface area contributed by atoms with E-state index in [1.807, 2.05) is 48.5 Å². The number of carbonyl (C=O) groups is 2. The second kappa shape index (κ2) is 7.46. The van der Waals surface area contributed by atoms with Crippen molar-refractivity contribution in [3.63, 3.8) is 0 Å². The number of aromatic nitrogens is 2. The second-order valence-electron chi connectivity index (χ2n) is 7.56. The van der Waals surface area contributed by atoms with Crippen molar-refractivity contribution in [1.29, 1.82) is 0 Å². The molecular formula is C22H24N4O2. The molecule has 6 nitrogen and oxygen atoms in total. The SMILES string of the molecule is CC(C)[C@@H](NC(=O)CCN1Cc2ccccc2C1=O)c1nc2ccccc2[nH]1. The van der Waals surface area contributed by atoms with Gasteiger partial charge in [-0.15, -0.1) is 0 Å². The molecule has 1 atom stereocenters. The van der Waals surface area contributed by atoms with Crippen molar-refractivity contribution < 1.29 is 9.59 Å². The van der Waals surface area contributed by atoms with Crippen molar-refractivity contribution >= 4 is 22.8 Å². The fraction of sp³-hybridized carbons (Fsp3) is 0.318. The molecule has 2 N–H and O–H groups in total. The summed E-state index contributed by atoms with van der Waals surface area (Å²) in [5.74, 6) is 0.861. The molecule has 0 bridgehead atoms. The molecule has 4 rings (SSSR count). The molecule has 1 aromatic heterocycles. The Kier molecular flexibility index (Phi) is 4.86. The van der Waals surface area contributed by atoms with E-state index in [1.54, 1.807) is 4.90 Å². The Hall–Kier alpha value is -3.15. The Morgan fingerprint density at radius 1 is 1.18 bits per heavy atom. The average molecular weight is 376 g/mol. The van der Waals surface area contributed by atoms with Crippen LogP contribution < -0.4 is 5.32 Å². The molecule has 0 saturated carbocycles. The van der Waals surface area contributed by atoms with Crippen molar-refractivity contribution in [3.05, 3.63) is 65.5 Å². The van der Waals surface area contributed by atoms with Crippen LogP contribution in [0.2, 0.25) is 0 Å². The first-order valence-corrected chi connectivity index (χ1v) is 9.64. The molecule has 0 unspecified atom stereocenters. The number of fused-ring (bicyclic) bond motifs is 2. The first-order valence-electron chi connectivity index (χ1n) is 9.64. The lowest BCUT2D eigenvalue weighted by Gasteiger charge is -2.21. The number of aromatic amines is 1. The summed E-state index contributed by atoms with van der Waals surface area (Å²) in [5, 5.41) is 3.08. The summed E-state index contributed by atoms with van der Waals surface area (Å²) in [6, 6.07) is 15.2. The minimum absolute atomic E-state index is 0.00101. The van der Waals surface area contributed by atoms with Crippen LogP contribution in [0.4, 0.5) is 0 Å². The van der Waals surface area contributed by atoms with Crippen molar-refractivity contribution in [3.8, 4) is 0 Å². The normalized spacial score (nSPS) is 14.5. The van der Waals surface area contributed by atoms with E-state index in [4.69, 9.17) is 0 Å². The van der Waals surface area contributed by atoms with E-state index >= 15 is 0 Å². The van der Waals surface area contributed by atoms with Crippen molar-refractivity contribution in [1.82, 2.24) is 20.2 Å². The van der Waals surface area contributed by atoms with Crippen LogP contribution in [0.25, 0.3) is 11.0 Å². The molecule has 3 aromatic rings. The van der Waals surface area contributed by atoms with Gasteiger partial charge in [0.15, 0.2) is 0 Å². The number of hydrogen-bond acceptors (Lipinski definition) is 3. The average Bonchev–Trinajstić information content (AvgIpc) is 3.25. The van der Waals surface area contributed by atoms with Gasteiger partial charge in [0, 0.05) is 25.1 Å². The number of benzene rings is 2. The fourth-order valence-electron chi connectivity index (χ4n) is 3.65. The van der Waals surface area contributed by atoms with Gasteiger partial charge >= 0.3 is 0 Å².